The first kappa shape index (κ1) is 57.7. The Morgan fingerprint density at radius 1 is 0.492 bits per heavy atom. The summed E-state index contributed by atoms with van der Waals surface area (Å²) < 4.78 is 32.8. The minimum Gasteiger partial charge on any atom is -0.462 e. The molecule has 3 N–H and O–H groups in total. The van der Waals surface area contributed by atoms with Crippen molar-refractivity contribution in [3.63, 3.8) is 0 Å². The van der Waals surface area contributed by atoms with Crippen molar-refractivity contribution in [1.82, 2.24) is 0 Å². The van der Waals surface area contributed by atoms with E-state index in [1.807, 2.05) is 0 Å². The van der Waals surface area contributed by atoms with E-state index in [-0.39, 0.29) is 19.4 Å². The lowest BCUT2D eigenvalue weighted by molar-refractivity contribution is -0.161. The second-order valence-corrected chi connectivity index (χ2v) is 18.3. The van der Waals surface area contributed by atoms with Crippen molar-refractivity contribution in [1.29, 1.82) is 0 Å². The fourth-order valence-electron chi connectivity index (χ4n) is 7.09. The van der Waals surface area contributed by atoms with Gasteiger partial charge in [-0.25, -0.2) is 4.57 Å². The number of carbonyl (C=O) groups excluding carboxylic acids is 2. The van der Waals surface area contributed by atoms with Crippen LogP contribution in [0.5, 0.6) is 0 Å². The summed E-state index contributed by atoms with van der Waals surface area (Å²) >= 11 is 0. The number of rotatable bonds is 47. The van der Waals surface area contributed by atoms with Crippen molar-refractivity contribution in [2.24, 2.45) is 0 Å². The van der Waals surface area contributed by atoms with Crippen LogP contribution < -0.4 is 0 Å². The molecule has 0 aliphatic carbocycles. The molecule has 0 fully saturated rings. The highest BCUT2D eigenvalue weighted by Gasteiger charge is 2.27. The number of ether oxygens (including phenoxy) is 2. The molecule has 0 saturated carbocycles. The Bertz CT molecular complexity index is 993. The van der Waals surface area contributed by atoms with Crippen molar-refractivity contribution < 1.29 is 47.8 Å². The van der Waals surface area contributed by atoms with E-state index in [1.165, 1.54) is 173 Å². The van der Waals surface area contributed by atoms with Crippen LogP contribution in [0.3, 0.4) is 0 Å². The van der Waals surface area contributed by atoms with Crippen LogP contribution in [0.2, 0.25) is 0 Å². The molecule has 1 unspecified atom stereocenters. The van der Waals surface area contributed by atoms with Gasteiger partial charge in [0.05, 0.1) is 19.8 Å². The van der Waals surface area contributed by atoms with Crippen LogP contribution in [-0.2, 0) is 32.7 Å². The van der Waals surface area contributed by atoms with E-state index in [4.69, 9.17) is 23.6 Å². The zero-order valence-corrected chi connectivity index (χ0v) is 39.1. The van der Waals surface area contributed by atoms with Crippen molar-refractivity contribution in [3.05, 3.63) is 12.2 Å². The highest BCUT2D eigenvalue weighted by atomic mass is 31.2. The minimum absolute atomic E-state index is 0.186. The van der Waals surface area contributed by atoms with Gasteiger partial charge in [0.2, 0.25) is 0 Å². The summed E-state index contributed by atoms with van der Waals surface area (Å²) in [6, 6.07) is 0. The van der Waals surface area contributed by atoms with Crippen molar-refractivity contribution in [3.8, 4) is 0 Å². The fourth-order valence-corrected chi connectivity index (χ4v) is 7.88. The minimum atomic E-state index is -4.62. The van der Waals surface area contributed by atoms with Crippen LogP contribution in [-0.4, -0.2) is 65.7 Å². The van der Waals surface area contributed by atoms with Crippen LogP contribution >= 0.6 is 7.82 Å². The maximum atomic E-state index is 12.6. The third-order valence-corrected chi connectivity index (χ3v) is 11.9. The van der Waals surface area contributed by atoms with Crippen LogP contribution in [0.15, 0.2) is 12.2 Å². The molecule has 11 heteroatoms. The number of hydrogen-bond donors (Lipinski definition) is 3. The smallest absolute Gasteiger partial charge is 0.462 e. The normalized spacial score (nSPS) is 13.8. The average Bonchev–Trinajstić information content (AvgIpc) is 3.22. The van der Waals surface area contributed by atoms with Gasteiger partial charge in [-0.05, 0) is 32.1 Å². The fraction of sp³-hybridized carbons (Fsp3) is 0.917. The molecule has 0 aliphatic heterocycles. The second kappa shape index (κ2) is 44.8. The molecule has 0 bridgehead atoms. The Morgan fingerprint density at radius 2 is 0.847 bits per heavy atom. The van der Waals surface area contributed by atoms with Gasteiger partial charge in [-0.2, -0.15) is 0 Å². The third-order valence-electron chi connectivity index (χ3n) is 10.9. The summed E-state index contributed by atoms with van der Waals surface area (Å²) in [6.07, 6.45) is 44.6. The molecule has 0 aromatic carbocycles. The van der Waals surface area contributed by atoms with Gasteiger partial charge in [0.15, 0.2) is 6.10 Å². The third kappa shape index (κ3) is 44.6. The number of unbranched alkanes of at least 4 members (excludes halogenated alkanes) is 31. The monoisotopic (exact) mass is 861 g/mol. The molecule has 0 amide bonds. The van der Waals surface area contributed by atoms with Crippen molar-refractivity contribution >= 4 is 19.8 Å². The van der Waals surface area contributed by atoms with Crippen LogP contribution in [0.4, 0.5) is 0 Å². The molecule has 10 nitrogen and oxygen atoms in total. The van der Waals surface area contributed by atoms with Gasteiger partial charge in [-0.15, -0.1) is 0 Å². The predicted molar refractivity (Wildman–Crippen MR) is 242 cm³/mol. The average molecular weight is 861 g/mol. The van der Waals surface area contributed by atoms with E-state index in [0.29, 0.717) is 12.8 Å². The molecule has 350 valence electrons. The van der Waals surface area contributed by atoms with Gasteiger partial charge in [0.1, 0.15) is 12.7 Å². The number of phosphoric acid groups is 1. The maximum absolute atomic E-state index is 12.6. The highest BCUT2D eigenvalue weighted by molar-refractivity contribution is 7.47. The van der Waals surface area contributed by atoms with Gasteiger partial charge >= 0.3 is 19.8 Å². The van der Waals surface area contributed by atoms with E-state index in [1.54, 1.807) is 0 Å². The molecule has 0 rings (SSSR count). The summed E-state index contributed by atoms with van der Waals surface area (Å²) in [5, 5.41) is 18.4. The number of hydrogen-bond acceptors (Lipinski definition) is 9. The Morgan fingerprint density at radius 3 is 1.27 bits per heavy atom. The quantitative estimate of drug-likeness (QED) is 0.0234. The van der Waals surface area contributed by atoms with E-state index in [2.05, 4.69) is 26.0 Å². The molecule has 0 aliphatic rings. The van der Waals surface area contributed by atoms with E-state index in [0.717, 1.165) is 32.1 Å². The van der Waals surface area contributed by atoms with E-state index in [9.17, 15) is 24.2 Å². The van der Waals surface area contributed by atoms with Crippen LogP contribution in [0, 0.1) is 0 Å². The Labute approximate surface area is 362 Å². The number of carbonyl (C=O) groups is 2. The second-order valence-electron chi connectivity index (χ2n) is 16.8. The number of aliphatic hydroxyl groups is 2. The van der Waals surface area contributed by atoms with Gasteiger partial charge in [-0.1, -0.05) is 212 Å². The molecular formula is C48H93O10P. The lowest BCUT2D eigenvalue weighted by Crippen LogP contribution is -2.29. The first-order chi connectivity index (χ1) is 28.7. The number of allylic oxidation sites excluding steroid dienone is 2. The van der Waals surface area contributed by atoms with Gasteiger partial charge in [0, 0.05) is 12.8 Å². The van der Waals surface area contributed by atoms with Gasteiger partial charge < -0.3 is 24.6 Å². The van der Waals surface area contributed by atoms with Crippen molar-refractivity contribution in [2.45, 2.75) is 257 Å². The SMILES string of the molecule is CCCC/C=C/CCCCCCCCCCCC(=O)O[C@@H](COC(=O)CCCCCCCCCCCCCCCCCCCCCCC)COP(=O)(O)OC[C@H](O)CO. The van der Waals surface area contributed by atoms with E-state index >= 15 is 0 Å². The summed E-state index contributed by atoms with van der Waals surface area (Å²) in [6.45, 7) is 2.40. The summed E-state index contributed by atoms with van der Waals surface area (Å²) in [5.41, 5.74) is 0. The number of phosphoric ester groups is 1. The summed E-state index contributed by atoms with van der Waals surface area (Å²) in [7, 11) is -4.62. The standard InChI is InChI=1S/C48H93O10P/c1-3-5-7-9-11-13-15-17-19-20-21-22-23-24-26-27-29-31-33-35-37-39-47(51)55-43-46(44-57-59(53,54)56-42-45(50)41-49)58-48(52)40-38-36-34-32-30-28-25-18-16-14-12-10-8-6-4-2/h10,12,45-46,49-50H,3-9,11,13-44H2,1-2H3,(H,53,54)/b12-10+/t45-,46+/m1/s1. The maximum Gasteiger partial charge on any atom is 0.472 e. The van der Waals surface area contributed by atoms with Gasteiger partial charge in [0.25, 0.3) is 0 Å². The Hall–Kier alpha value is -1.29. The molecule has 0 radical (unpaired) electrons. The van der Waals surface area contributed by atoms with Crippen LogP contribution in [0.1, 0.15) is 245 Å². The van der Waals surface area contributed by atoms with E-state index < -0.39 is 51.8 Å². The Balaban J connectivity index is 4.13. The molecule has 0 heterocycles. The number of esters is 2. The predicted octanol–water partition coefficient (Wildman–Crippen LogP) is 13.6. The molecular weight excluding hydrogens is 767 g/mol. The lowest BCUT2D eigenvalue weighted by atomic mass is 10.0. The van der Waals surface area contributed by atoms with Gasteiger partial charge in [-0.3, -0.25) is 18.6 Å². The first-order valence-electron chi connectivity index (χ1n) is 24.6. The number of aliphatic hydroxyl groups excluding tert-OH is 2. The first-order valence-corrected chi connectivity index (χ1v) is 26.1. The van der Waals surface area contributed by atoms with Crippen LogP contribution in [0.25, 0.3) is 0 Å². The molecule has 59 heavy (non-hydrogen) atoms. The molecule has 0 aromatic heterocycles. The highest BCUT2D eigenvalue weighted by Crippen LogP contribution is 2.43. The Kier molecular flexibility index (Phi) is 43.8. The van der Waals surface area contributed by atoms with Crippen molar-refractivity contribution in [2.75, 3.05) is 26.4 Å². The lowest BCUT2D eigenvalue weighted by Gasteiger charge is -2.20. The summed E-state index contributed by atoms with van der Waals surface area (Å²) in [5.74, 6) is -0.912. The summed E-state index contributed by atoms with van der Waals surface area (Å²) in [4.78, 5) is 35.1. The zero-order chi connectivity index (χ0) is 43.3. The molecule has 3 atom stereocenters. The zero-order valence-electron chi connectivity index (χ0n) is 38.2. The topological polar surface area (TPSA) is 149 Å². The largest absolute Gasteiger partial charge is 0.472 e. The molecule has 0 aromatic rings. The molecule has 0 saturated heterocycles. The molecule has 0 spiro atoms.